The van der Waals surface area contributed by atoms with Crippen molar-refractivity contribution in [2.45, 2.75) is 0 Å². The van der Waals surface area contributed by atoms with Gasteiger partial charge in [0.05, 0.1) is 5.71 Å². The highest BCUT2D eigenvalue weighted by molar-refractivity contribution is 6.08. The Balaban J connectivity index is 2.20. The molecule has 0 amide bonds. The number of rotatable bonds is 3. The highest BCUT2D eigenvalue weighted by Gasteiger charge is 2.04. The van der Waals surface area contributed by atoms with Crippen molar-refractivity contribution in [2.24, 2.45) is 5.16 Å². The van der Waals surface area contributed by atoms with E-state index in [1.165, 1.54) is 0 Å². The SMILES string of the molecule is O/N=C(/[CH]c1ccccc1)c1ccccc1. The number of nitrogens with zero attached hydrogens (tertiary/aromatic N) is 1. The molecule has 0 fully saturated rings. The van der Waals surface area contributed by atoms with Crippen molar-refractivity contribution < 1.29 is 5.21 Å². The third-order valence-electron chi connectivity index (χ3n) is 2.28. The molecule has 79 valence electrons. The molecule has 0 atom stereocenters. The summed E-state index contributed by atoms with van der Waals surface area (Å²) in [6, 6.07) is 19.4. The number of benzene rings is 2. The molecule has 0 saturated carbocycles. The summed E-state index contributed by atoms with van der Waals surface area (Å²) in [4.78, 5) is 0. The van der Waals surface area contributed by atoms with E-state index in [1.54, 1.807) is 0 Å². The zero-order chi connectivity index (χ0) is 11.2. The van der Waals surface area contributed by atoms with Crippen molar-refractivity contribution in [2.75, 3.05) is 0 Å². The Labute approximate surface area is 94.9 Å². The first-order valence-corrected chi connectivity index (χ1v) is 5.07. The van der Waals surface area contributed by atoms with Crippen molar-refractivity contribution in [3.63, 3.8) is 0 Å². The second kappa shape index (κ2) is 5.12. The molecule has 0 saturated heterocycles. The standard InChI is InChI=1S/C14H12NO/c16-15-14(13-9-5-2-6-10-13)11-12-7-3-1-4-8-12/h1-11,16H/b15-14-. The molecule has 0 aliphatic rings. The van der Waals surface area contributed by atoms with Crippen molar-refractivity contribution >= 4 is 5.71 Å². The van der Waals surface area contributed by atoms with Gasteiger partial charge in [0.25, 0.3) is 0 Å². The van der Waals surface area contributed by atoms with Crippen LogP contribution in [0.25, 0.3) is 0 Å². The summed E-state index contributed by atoms with van der Waals surface area (Å²) in [5.41, 5.74) is 2.47. The van der Waals surface area contributed by atoms with E-state index in [4.69, 9.17) is 5.21 Å². The molecule has 2 heteroatoms. The van der Waals surface area contributed by atoms with Crippen LogP contribution in [0.1, 0.15) is 11.1 Å². The van der Waals surface area contributed by atoms with E-state index in [-0.39, 0.29) is 0 Å². The Hall–Kier alpha value is -2.09. The molecule has 2 nitrogen and oxygen atoms in total. The highest BCUT2D eigenvalue weighted by atomic mass is 16.4. The lowest BCUT2D eigenvalue weighted by molar-refractivity contribution is 0.319. The summed E-state index contributed by atoms with van der Waals surface area (Å²) in [5.74, 6) is 0. The van der Waals surface area contributed by atoms with Gasteiger partial charge < -0.3 is 5.21 Å². The maximum absolute atomic E-state index is 9.00. The van der Waals surface area contributed by atoms with Crippen LogP contribution < -0.4 is 0 Å². The highest BCUT2D eigenvalue weighted by Crippen LogP contribution is 2.09. The molecule has 16 heavy (non-hydrogen) atoms. The van der Waals surface area contributed by atoms with E-state index in [0.717, 1.165) is 11.1 Å². The molecule has 1 radical (unpaired) electrons. The Morgan fingerprint density at radius 3 is 2.00 bits per heavy atom. The number of hydrogen-bond donors (Lipinski definition) is 1. The summed E-state index contributed by atoms with van der Waals surface area (Å²) in [7, 11) is 0. The fourth-order valence-corrected chi connectivity index (χ4v) is 1.49. The molecular weight excluding hydrogens is 198 g/mol. The minimum Gasteiger partial charge on any atom is -0.411 e. The second-order valence-electron chi connectivity index (χ2n) is 3.41. The first kappa shape index (κ1) is 10.4. The Morgan fingerprint density at radius 2 is 1.44 bits per heavy atom. The van der Waals surface area contributed by atoms with Crippen LogP contribution in [-0.2, 0) is 0 Å². The Kier molecular flexibility index (Phi) is 3.34. The third-order valence-corrected chi connectivity index (χ3v) is 2.28. The molecule has 0 bridgehead atoms. The van der Waals surface area contributed by atoms with Crippen LogP contribution in [0.3, 0.4) is 0 Å². The molecule has 0 heterocycles. The Morgan fingerprint density at radius 1 is 0.875 bits per heavy atom. The van der Waals surface area contributed by atoms with Crippen molar-refractivity contribution in [1.29, 1.82) is 0 Å². The summed E-state index contributed by atoms with van der Waals surface area (Å²) in [6.45, 7) is 0. The van der Waals surface area contributed by atoms with Crippen LogP contribution in [0.4, 0.5) is 0 Å². The topological polar surface area (TPSA) is 32.6 Å². The third kappa shape index (κ3) is 2.48. The van der Waals surface area contributed by atoms with E-state index in [0.29, 0.717) is 5.71 Å². The normalized spacial score (nSPS) is 11.4. The maximum atomic E-state index is 9.00. The van der Waals surface area contributed by atoms with Crippen LogP contribution >= 0.6 is 0 Å². The predicted octanol–water partition coefficient (Wildman–Crippen LogP) is 3.12. The zero-order valence-corrected chi connectivity index (χ0v) is 8.75. The molecule has 2 aromatic rings. The molecule has 1 N–H and O–H groups in total. The van der Waals surface area contributed by atoms with Gasteiger partial charge in [-0.3, -0.25) is 0 Å². The lowest BCUT2D eigenvalue weighted by atomic mass is 10.0. The van der Waals surface area contributed by atoms with Crippen molar-refractivity contribution in [3.05, 3.63) is 78.2 Å². The van der Waals surface area contributed by atoms with Gasteiger partial charge in [-0.05, 0) is 11.1 Å². The van der Waals surface area contributed by atoms with Gasteiger partial charge >= 0.3 is 0 Å². The monoisotopic (exact) mass is 210 g/mol. The van der Waals surface area contributed by atoms with Crippen LogP contribution in [0.5, 0.6) is 0 Å². The molecule has 2 aromatic carbocycles. The van der Waals surface area contributed by atoms with Crippen LogP contribution in [0, 0.1) is 6.42 Å². The largest absolute Gasteiger partial charge is 0.411 e. The molecule has 2 rings (SSSR count). The van der Waals surface area contributed by atoms with Crippen molar-refractivity contribution in [3.8, 4) is 0 Å². The zero-order valence-electron chi connectivity index (χ0n) is 8.75. The number of hydrogen-bond acceptors (Lipinski definition) is 2. The van der Waals surface area contributed by atoms with E-state index < -0.39 is 0 Å². The fourth-order valence-electron chi connectivity index (χ4n) is 1.49. The smallest absolute Gasteiger partial charge is 0.0952 e. The van der Waals surface area contributed by atoms with Gasteiger partial charge in [-0.15, -0.1) is 0 Å². The molecule has 0 spiro atoms. The molecule has 0 aromatic heterocycles. The predicted molar refractivity (Wildman–Crippen MR) is 64.6 cm³/mol. The van der Waals surface area contributed by atoms with E-state index in [2.05, 4.69) is 5.16 Å². The number of oxime groups is 1. The minimum absolute atomic E-state index is 0.562. The summed E-state index contributed by atoms with van der Waals surface area (Å²) in [6.07, 6.45) is 1.84. The van der Waals surface area contributed by atoms with Gasteiger partial charge in [0.15, 0.2) is 0 Å². The first-order chi connectivity index (χ1) is 7.90. The van der Waals surface area contributed by atoms with Crippen molar-refractivity contribution in [1.82, 2.24) is 0 Å². The van der Waals surface area contributed by atoms with Gasteiger partial charge in [-0.1, -0.05) is 65.8 Å². The van der Waals surface area contributed by atoms with E-state index in [1.807, 2.05) is 67.1 Å². The van der Waals surface area contributed by atoms with Crippen LogP contribution in [0.15, 0.2) is 65.8 Å². The lowest BCUT2D eigenvalue weighted by Crippen LogP contribution is -2.02. The quantitative estimate of drug-likeness (QED) is 0.471. The van der Waals surface area contributed by atoms with E-state index in [9.17, 15) is 0 Å². The van der Waals surface area contributed by atoms with Crippen LogP contribution in [0.2, 0.25) is 0 Å². The second-order valence-corrected chi connectivity index (χ2v) is 3.41. The lowest BCUT2D eigenvalue weighted by Gasteiger charge is -2.03. The van der Waals surface area contributed by atoms with Gasteiger partial charge in [0, 0.05) is 6.42 Å². The van der Waals surface area contributed by atoms with Gasteiger partial charge in [-0.25, -0.2) is 0 Å². The Bertz CT molecular complexity index is 463. The maximum Gasteiger partial charge on any atom is 0.0952 e. The first-order valence-electron chi connectivity index (χ1n) is 5.07. The fraction of sp³-hybridized carbons (Fsp3) is 0. The molecule has 0 unspecified atom stereocenters. The average molecular weight is 210 g/mol. The molecular formula is C14H12NO. The molecule has 0 aliphatic carbocycles. The van der Waals surface area contributed by atoms with Gasteiger partial charge in [-0.2, -0.15) is 0 Å². The average Bonchev–Trinajstić information content (AvgIpc) is 2.38. The summed E-state index contributed by atoms with van der Waals surface area (Å²) >= 11 is 0. The van der Waals surface area contributed by atoms with Crippen LogP contribution in [-0.4, -0.2) is 10.9 Å². The van der Waals surface area contributed by atoms with E-state index >= 15 is 0 Å². The van der Waals surface area contributed by atoms with Gasteiger partial charge in [0.2, 0.25) is 0 Å². The summed E-state index contributed by atoms with van der Waals surface area (Å²) in [5, 5.41) is 12.3. The minimum atomic E-state index is 0.562. The molecule has 0 aliphatic heterocycles. The van der Waals surface area contributed by atoms with Gasteiger partial charge in [0.1, 0.15) is 0 Å². The summed E-state index contributed by atoms with van der Waals surface area (Å²) < 4.78 is 0.